The molecule has 0 aromatic heterocycles. The Morgan fingerprint density at radius 1 is 1.56 bits per heavy atom. The van der Waals surface area contributed by atoms with Crippen molar-refractivity contribution in [2.45, 2.75) is 31.7 Å². The third-order valence-corrected chi connectivity index (χ3v) is 3.28. The summed E-state index contributed by atoms with van der Waals surface area (Å²) >= 11 is 5.82. The van der Waals surface area contributed by atoms with Crippen LogP contribution in [0, 0.1) is 5.82 Å². The predicted molar refractivity (Wildman–Crippen MR) is 59.8 cm³/mol. The van der Waals surface area contributed by atoms with E-state index in [4.69, 9.17) is 11.6 Å². The maximum absolute atomic E-state index is 13.5. The van der Waals surface area contributed by atoms with Gasteiger partial charge in [-0.1, -0.05) is 24.6 Å². The first-order valence-electron chi connectivity index (χ1n) is 5.20. The molecular weight excluding hydrogens is 229 g/mol. The van der Waals surface area contributed by atoms with Crippen molar-refractivity contribution in [3.63, 3.8) is 0 Å². The lowest BCUT2D eigenvalue weighted by Crippen LogP contribution is -2.04. The first-order chi connectivity index (χ1) is 7.63. The maximum Gasteiger partial charge on any atom is 0.235 e. The van der Waals surface area contributed by atoms with Crippen molar-refractivity contribution in [1.29, 1.82) is 0 Å². The first-order valence-corrected chi connectivity index (χ1v) is 5.58. The number of carbonyl (C=O) groups excluding carboxylic acids is 1. The summed E-state index contributed by atoms with van der Waals surface area (Å²) < 4.78 is 13.5. The molecule has 0 unspecified atom stereocenters. The van der Waals surface area contributed by atoms with Crippen LogP contribution < -0.4 is 0 Å². The Labute approximate surface area is 98.1 Å². The molecule has 1 saturated carbocycles. The van der Waals surface area contributed by atoms with Crippen molar-refractivity contribution < 1.29 is 9.18 Å². The standard InChI is InChI=1S/C12H11ClFNO/c1-2-8-5-9(6-10(13)11(8)14)12(3-4-12)15-7-16/h5-6H,2-4H2,1H3. The van der Waals surface area contributed by atoms with Crippen LogP contribution in [-0.2, 0) is 16.8 Å². The molecule has 4 heteroatoms. The highest BCUT2D eigenvalue weighted by Gasteiger charge is 2.45. The second-order valence-corrected chi connectivity index (χ2v) is 4.43. The van der Waals surface area contributed by atoms with Gasteiger partial charge in [0.2, 0.25) is 6.08 Å². The van der Waals surface area contributed by atoms with Crippen LogP contribution >= 0.6 is 11.6 Å². The molecule has 0 N–H and O–H groups in total. The van der Waals surface area contributed by atoms with Crippen LogP contribution in [0.3, 0.4) is 0 Å². The lowest BCUT2D eigenvalue weighted by molar-refractivity contribution is 0.556. The molecule has 1 fully saturated rings. The summed E-state index contributed by atoms with van der Waals surface area (Å²) in [5.41, 5.74) is 0.900. The lowest BCUT2D eigenvalue weighted by Gasteiger charge is -2.11. The predicted octanol–water partition coefficient (Wildman–Crippen LogP) is 3.37. The Kier molecular flexibility index (Phi) is 2.83. The molecule has 0 heterocycles. The number of aliphatic imine (C=N–C) groups is 1. The minimum atomic E-state index is -0.483. The van der Waals surface area contributed by atoms with Gasteiger partial charge in [0.25, 0.3) is 0 Å². The topological polar surface area (TPSA) is 29.4 Å². The molecule has 1 aliphatic carbocycles. The number of rotatable bonds is 3. The SMILES string of the molecule is CCc1cc(C2(N=C=O)CC2)cc(Cl)c1F. The summed E-state index contributed by atoms with van der Waals surface area (Å²) in [7, 11) is 0. The fourth-order valence-corrected chi connectivity index (χ4v) is 2.08. The van der Waals surface area contributed by atoms with Gasteiger partial charge in [0, 0.05) is 0 Å². The molecule has 1 aromatic carbocycles. The van der Waals surface area contributed by atoms with Crippen LogP contribution in [0.15, 0.2) is 17.1 Å². The number of isocyanates is 1. The average molecular weight is 240 g/mol. The fourth-order valence-electron chi connectivity index (χ4n) is 1.84. The molecule has 16 heavy (non-hydrogen) atoms. The van der Waals surface area contributed by atoms with E-state index in [1.807, 2.05) is 6.92 Å². The fraction of sp³-hybridized carbons (Fsp3) is 0.417. The number of nitrogens with zero attached hydrogens (tertiary/aromatic N) is 1. The smallest absolute Gasteiger partial charge is 0.211 e. The van der Waals surface area contributed by atoms with E-state index in [9.17, 15) is 9.18 Å². The molecule has 0 bridgehead atoms. The van der Waals surface area contributed by atoms with Gasteiger partial charge in [0.05, 0.1) is 10.6 Å². The molecule has 0 atom stereocenters. The monoisotopic (exact) mass is 239 g/mol. The summed E-state index contributed by atoms with van der Waals surface area (Å²) in [6.07, 6.45) is 3.75. The molecule has 0 amide bonds. The Morgan fingerprint density at radius 3 is 2.75 bits per heavy atom. The van der Waals surface area contributed by atoms with Crippen molar-refractivity contribution in [2.75, 3.05) is 0 Å². The molecule has 1 aliphatic rings. The molecule has 0 spiro atoms. The first kappa shape index (κ1) is 11.3. The zero-order valence-corrected chi connectivity index (χ0v) is 9.64. The lowest BCUT2D eigenvalue weighted by atomic mass is 10.0. The van der Waals surface area contributed by atoms with E-state index in [0.717, 1.165) is 18.4 Å². The van der Waals surface area contributed by atoms with Crippen molar-refractivity contribution in [3.8, 4) is 0 Å². The minimum Gasteiger partial charge on any atom is -0.211 e. The summed E-state index contributed by atoms with van der Waals surface area (Å²) in [5, 5.41) is 0.0988. The molecule has 1 aromatic rings. The van der Waals surface area contributed by atoms with Crippen LogP contribution in [0.4, 0.5) is 4.39 Å². The van der Waals surface area contributed by atoms with Crippen molar-refractivity contribution >= 4 is 17.7 Å². The van der Waals surface area contributed by atoms with Gasteiger partial charge in [-0.25, -0.2) is 9.18 Å². The van der Waals surface area contributed by atoms with E-state index in [1.54, 1.807) is 18.2 Å². The highest BCUT2D eigenvalue weighted by Crippen LogP contribution is 2.50. The van der Waals surface area contributed by atoms with Gasteiger partial charge in [0.15, 0.2) is 0 Å². The van der Waals surface area contributed by atoms with Gasteiger partial charge in [-0.15, -0.1) is 0 Å². The third-order valence-electron chi connectivity index (χ3n) is 3.01. The number of hydrogen-bond acceptors (Lipinski definition) is 2. The van der Waals surface area contributed by atoms with Crippen molar-refractivity contribution in [2.24, 2.45) is 4.99 Å². The maximum atomic E-state index is 13.5. The van der Waals surface area contributed by atoms with E-state index in [-0.39, 0.29) is 10.8 Å². The van der Waals surface area contributed by atoms with Crippen LogP contribution in [0.25, 0.3) is 0 Å². The van der Waals surface area contributed by atoms with Gasteiger partial charge in [-0.2, -0.15) is 4.99 Å². The largest absolute Gasteiger partial charge is 0.235 e. The van der Waals surface area contributed by atoms with E-state index < -0.39 is 5.54 Å². The molecule has 0 saturated heterocycles. The minimum absolute atomic E-state index is 0.0988. The molecule has 0 radical (unpaired) electrons. The van der Waals surface area contributed by atoms with Gasteiger partial charge in [-0.05, 0) is 36.5 Å². The van der Waals surface area contributed by atoms with E-state index in [2.05, 4.69) is 4.99 Å². The highest BCUT2D eigenvalue weighted by atomic mass is 35.5. The quantitative estimate of drug-likeness (QED) is 0.587. The Bertz CT molecular complexity index is 476. The van der Waals surface area contributed by atoms with E-state index >= 15 is 0 Å². The average Bonchev–Trinajstić information content (AvgIpc) is 3.03. The zero-order valence-electron chi connectivity index (χ0n) is 8.89. The molecule has 84 valence electrons. The zero-order chi connectivity index (χ0) is 11.8. The van der Waals surface area contributed by atoms with Gasteiger partial charge < -0.3 is 0 Å². The Balaban J connectivity index is 2.51. The summed E-state index contributed by atoms with van der Waals surface area (Å²) in [6, 6.07) is 3.30. The van der Waals surface area contributed by atoms with Crippen LogP contribution in [0.2, 0.25) is 5.02 Å². The normalized spacial score (nSPS) is 16.7. The number of hydrogen-bond donors (Lipinski definition) is 0. The second kappa shape index (κ2) is 4.00. The second-order valence-electron chi connectivity index (χ2n) is 4.02. The Hall–Kier alpha value is -1.18. The summed E-state index contributed by atoms with van der Waals surface area (Å²) in [5.74, 6) is -0.376. The highest BCUT2D eigenvalue weighted by molar-refractivity contribution is 6.30. The summed E-state index contributed by atoms with van der Waals surface area (Å²) in [4.78, 5) is 14.1. The molecular formula is C12H11ClFNO. The molecule has 2 nitrogen and oxygen atoms in total. The van der Waals surface area contributed by atoms with Crippen molar-refractivity contribution in [1.82, 2.24) is 0 Å². The number of benzene rings is 1. The van der Waals surface area contributed by atoms with Crippen LogP contribution in [-0.4, -0.2) is 6.08 Å². The van der Waals surface area contributed by atoms with Gasteiger partial charge >= 0.3 is 0 Å². The van der Waals surface area contributed by atoms with Crippen molar-refractivity contribution in [3.05, 3.63) is 34.1 Å². The molecule has 2 rings (SSSR count). The van der Waals surface area contributed by atoms with Gasteiger partial charge in [0.1, 0.15) is 5.82 Å². The molecule has 0 aliphatic heterocycles. The summed E-state index contributed by atoms with van der Waals surface area (Å²) in [6.45, 7) is 1.86. The number of halogens is 2. The Morgan fingerprint density at radius 2 is 2.25 bits per heavy atom. The van der Waals surface area contributed by atoms with Crippen LogP contribution in [0.5, 0.6) is 0 Å². The van der Waals surface area contributed by atoms with E-state index in [1.165, 1.54) is 0 Å². The third kappa shape index (κ3) is 1.77. The van der Waals surface area contributed by atoms with E-state index in [0.29, 0.717) is 12.0 Å². The number of aryl methyl sites for hydroxylation is 1. The van der Waals surface area contributed by atoms with Gasteiger partial charge in [-0.3, -0.25) is 0 Å². The van der Waals surface area contributed by atoms with Crippen LogP contribution in [0.1, 0.15) is 30.9 Å².